The van der Waals surface area contributed by atoms with E-state index in [9.17, 15) is 4.79 Å². The van der Waals surface area contributed by atoms with Gasteiger partial charge in [0.2, 0.25) is 0 Å². The van der Waals surface area contributed by atoms with Crippen LogP contribution in [0.2, 0.25) is 0 Å². The molecule has 2 rings (SSSR count). The Hall–Kier alpha value is -2.10. The normalized spacial score (nSPS) is 10.7. The maximum absolute atomic E-state index is 12.2. The molecule has 4 heteroatoms. The van der Waals surface area contributed by atoms with E-state index in [2.05, 4.69) is 11.2 Å². The second-order valence-electron chi connectivity index (χ2n) is 5.24. The van der Waals surface area contributed by atoms with Crippen LogP contribution in [-0.2, 0) is 18.4 Å². The molecule has 0 fully saturated rings. The van der Waals surface area contributed by atoms with Crippen LogP contribution in [0.15, 0.2) is 18.2 Å². The topological polar surface area (TPSA) is 44.1 Å². The van der Waals surface area contributed by atoms with Gasteiger partial charge in [-0.2, -0.15) is 5.10 Å². The van der Waals surface area contributed by atoms with Crippen LogP contribution < -0.4 is 0 Å². The molecule has 4 nitrogen and oxygen atoms in total. The first-order valence-electron chi connectivity index (χ1n) is 6.63. The molecule has 0 aliphatic heterocycles. The zero-order valence-corrected chi connectivity index (χ0v) is 12.7. The van der Waals surface area contributed by atoms with Gasteiger partial charge in [0.15, 0.2) is 0 Å². The van der Waals surface area contributed by atoms with E-state index in [1.54, 1.807) is 4.68 Å². The van der Waals surface area contributed by atoms with Crippen LogP contribution in [0.5, 0.6) is 0 Å². The van der Waals surface area contributed by atoms with Gasteiger partial charge in [0.05, 0.1) is 5.69 Å². The highest BCUT2D eigenvalue weighted by atomic mass is 16.5. The predicted octanol–water partition coefficient (Wildman–Crippen LogP) is 3.01. The van der Waals surface area contributed by atoms with Crippen LogP contribution in [0.1, 0.15) is 38.4 Å². The lowest BCUT2D eigenvalue weighted by Gasteiger charge is -2.07. The number of carbonyl (C=O) groups excluding carboxylic acids is 1. The SMILES string of the molecule is Cc1cc(C)cc(COC(=O)c2c(C)nn(C)c2C)c1. The Balaban J connectivity index is 2.12. The first-order chi connectivity index (χ1) is 9.38. The van der Waals surface area contributed by atoms with E-state index >= 15 is 0 Å². The molecule has 0 radical (unpaired) electrons. The molecule has 0 aliphatic rings. The van der Waals surface area contributed by atoms with Gasteiger partial charge in [-0.3, -0.25) is 4.68 Å². The van der Waals surface area contributed by atoms with Crippen molar-refractivity contribution in [2.45, 2.75) is 34.3 Å². The first kappa shape index (κ1) is 14.3. The fourth-order valence-electron chi connectivity index (χ4n) is 2.44. The minimum absolute atomic E-state index is 0.287. The van der Waals surface area contributed by atoms with Crippen molar-refractivity contribution in [3.05, 3.63) is 51.8 Å². The minimum atomic E-state index is -0.313. The van der Waals surface area contributed by atoms with Crippen molar-refractivity contribution in [2.75, 3.05) is 0 Å². The molecule has 1 heterocycles. The molecule has 0 aliphatic carbocycles. The molecule has 0 atom stereocenters. The van der Waals surface area contributed by atoms with E-state index in [-0.39, 0.29) is 12.6 Å². The summed E-state index contributed by atoms with van der Waals surface area (Å²) in [5, 5.41) is 4.23. The van der Waals surface area contributed by atoms with Crippen LogP contribution in [0, 0.1) is 27.7 Å². The Labute approximate surface area is 119 Å². The monoisotopic (exact) mass is 272 g/mol. The largest absolute Gasteiger partial charge is 0.457 e. The van der Waals surface area contributed by atoms with Crippen LogP contribution in [-0.4, -0.2) is 15.7 Å². The van der Waals surface area contributed by atoms with Gasteiger partial charge in [-0.05, 0) is 33.3 Å². The third-order valence-corrected chi connectivity index (χ3v) is 3.36. The van der Waals surface area contributed by atoms with E-state index in [0.717, 1.165) is 11.3 Å². The average molecular weight is 272 g/mol. The number of hydrogen-bond donors (Lipinski definition) is 0. The highest BCUT2D eigenvalue weighted by molar-refractivity contribution is 5.91. The molecule has 0 spiro atoms. The van der Waals surface area contributed by atoms with Crippen LogP contribution in [0.25, 0.3) is 0 Å². The van der Waals surface area contributed by atoms with E-state index in [4.69, 9.17) is 4.74 Å². The zero-order chi connectivity index (χ0) is 14.9. The predicted molar refractivity (Wildman–Crippen MR) is 77.7 cm³/mol. The fourth-order valence-corrected chi connectivity index (χ4v) is 2.44. The third kappa shape index (κ3) is 2.90. The van der Waals surface area contributed by atoms with Gasteiger partial charge in [-0.15, -0.1) is 0 Å². The van der Waals surface area contributed by atoms with E-state index in [1.807, 2.05) is 46.9 Å². The molecule has 20 heavy (non-hydrogen) atoms. The molecule has 0 N–H and O–H groups in total. The maximum atomic E-state index is 12.2. The lowest BCUT2D eigenvalue weighted by atomic mass is 10.1. The molecule has 106 valence electrons. The van der Waals surface area contributed by atoms with Crippen LogP contribution in [0.4, 0.5) is 0 Å². The Morgan fingerprint density at radius 1 is 1.15 bits per heavy atom. The number of aryl methyl sites for hydroxylation is 4. The maximum Gasteiger partial charge on any atom is 0.342 e. The number of hydrogen-bond acceptors (Lipinski definition) is 3. The molecule has 0 saturated heterocycles. The summed E-state index contributed by atoms with van der Waals surface area (Å²) in [4.78, 5) is 12.2. The molecular formula is C16H20N2O2. The van der Waals surface area contributed by atoms with Crippen molar-refractivity contribution in [2.24, 2.45) is 7.05 Å². The molecule has 0 saturated carbocycles. The molecule has 1 aromatic heterocycles. The van der Waals surface area contributed by atoms with Gasteiger partial charge in [-0.1, -0.05) is 29.3 Å². The van der Waals surface area contributed by atoms with Gasteiger partial charge < -0.3 is 4.74 Å². The smallest absolute Gasteiger partial charge is 0.342 e. The molecular weight excluding hydrogens is 252 g/mol. The minimum Gasteiger partial charge on any atom is -0.457 e. The molecule has 1 aromatic carbocycles. The molecule has 2 aromatic rings. The number of aromatic nitrogens is 2. The summed E-state index contributed by atoms with van der Waals surface area (Å²) in [5.41, 5.74) is 5.45. The lowest BCUT2D eigenvalue weighted by molar-refractivity contribution is 0.0470. The highest BCUT2D eigenvalue weighted by Gasteiger charge is 2.18. The highest BCUT2D eigenvalue weighted by Crippen LogP contribution is 2.15. The summed E-state index contributed by atoms with van der Waals surface area (Å²) in [7, 11) is 1.82. The quantitative estimate of drug-likeness (QED) is 0.807. The van der Waals surface area contributed by atoms with Crippen molar-refractivity contribution in [1.82, 2.24) is 9.78 Å². The van der Waals surface area contributed by atoms with Gasteiger partial charge >= 0.3 is 5.97 Å². The number of ether oxygens (including phenoxy) is 1. The van der Waals surface area contributed by atoms with Crippen LogP contribution in [0.3, 0.4) is 0 Å². The number of esters is 1. The van der Waals surface area contributed by atoms with Gasteiger partial charge in [0.1, 0.15) is 12.2 Å². The standard InChI is InChI=1S/C16H20N2O2/c1-10-6-11(2)8-14(7-10)9-20-16(19)15-12(3)17-18(5)13(15)4/h6-8H,9H2,1-5H3. The summed E-state index contributed by atoms with van der Waals surface area (Å²) in [6, 6.07) is 6.16. The van der Waals surface area contributed by atoms with Crippen molar-refractivity contribution >= 4 is 5.97 Å². The summed E-state index contributed by atoms with van der Waals surface area (Å²) >= 11 is 0. The Morgan fingerprint density at radius 2 is 1.75 bits per heavy atom. The van der Waals surface area contributed by atoms with Crippen molar-refractivity contribution in [1.29, 1.82) is 0 Å². The molecule has 0 amide bonds. The summed E-state index contributed by atoms with van der Waals surface area (Å²) < 4.78 is 7.10. The number of benzene rings is 1. The van der Waals surface area contributed by atoms with Gasteiger partial charge in [-0.25, -0.2) is 4.79 Å². The average Bonchev–Trinajstić information content (AvgIpc) is 2.59. The zero-order valence-electron chi connectivity index (χ0n) is 12.7. The second kappa shape index (κ2) is 5.49. The Bertz CT molecular complexity index is 636. The number of carbonyl (C=O) groups is 1. The number of nitrogens with zero attached hydrogens (tertiary/aromatic N) is 2. The Morgan fingerprint density at radius 3 is 2.25 bits per heavy atom. The third-order valence-electron chi connectivity index (χ3n) is 3.36. The second-order valence-corrected chi connectivity index (χ2v) is 5.24. The van der Waals surface area contributed by atoms with Crippen molar-refractivity contribution < 1.29 is 9.53 Å². The Kier molecular flexibility index (Phi) is 3.93. The van der Waals surface area contributed by atoms with Crippen molar-refractivity contribution in [3.8, 4) is 0 Å². The van der Waals surface area contributed by atoms with Crippen molar-refractivity contribution in [3.63, 3.8) is 0 Å². The van der Waals surface area contributed by atoms with Gasteiger partial charge in [0.25, 0.3) is 0 Å². The van der Waals surface area contributed by atoms with E-state index in [1.165, 1.54) is 11.1 Å². The molecule has 0 unspecified atom stereocenters. The summed E-state index contributed by atoms with van der Waals surface area (Å²) in [6.45, 7) is 8.05. The summed E-state index contributed by atoms with van der Waals surface area (Å²) in [5.74, 6) is -0.313. The van der Waals surface area contributed by atoms with E-state index in [0.29, 0.717) is 11.3 Å². The number of rotatable bonds is 3. The van der Waals surface area contributed by atoms with Crippen LogP contribution >= 0.6 is 0 Å². The fraction of sp³-hybridized carbons (Fsp3) is 0.375. The van der Waals surface area contributed by atoms with Gasteiger partial charge in [0, 0.05) is 12.7 Å². The van der Waals surface area contributed by atoms with E-state index < -0.39 is 0 Å². The lowest BCUT2D eigenvalue weighted by Crippen LogP contribution is -2.08. The molecule has 0 bridgehead atoms. The summed E-state index contributed by atoms with van der Waals surface area (Å²) in [6.07, 6.45) is 0. The first-order valence-corrected chi connectivity index (χ1v) is 6.63.